The number of hydrogen-bond acceptors (Lipinski definition) is 4. The van der Waals surface area contributed by atoms with Crippen LogP contribution in [0.15, 0.2) is 66.7 Å². The van der Waals surface area contributed by atoms with Crippen molar-refractivity contribution in [1.29, 1.82) is 0 Å². The summed E-state index contributed by atoms with van der Waals surface area (Å²) in [6.45, 7) is 0.611. The van der Waals surface area contributed by atoms with Gasteiger partial charge in [-0.05, 0) is 34.4 Å². The molecule has 5 rings (SSSR count). The van der Waals surface area contributed by atoms with Gasteiger partial charge in [-0.2, -0.15) is 0 Å². The highest BCUT2D eigenvalue weighted by molar-refractivity contribution is 6.00. The van der Waals surface area contributed by atoms with Gasteiger partial charge in [0.2, 0.25) is 0 Å². The molecule has 1 N–H and O–H groups in total. The van der Waals surface area contributed by atoms with Crippen molar-refractivity contribution >= 4 is 17.6 Å². The number of benzene rings is 3. The minimum Gasteiger partial charge on any atom is -0.492 e. The molecule has 3 aromatic carbocycles. The SMILES string of the molecule is O=C(Nc1ccc2c(c1)OCCC2=O)OCC1c2ccccc2-c2ccccc21. The number of rotatable bonds is 3. The quantitative estimate of drug-likeness (QED) is 0.688. The van der Waals surface area contributed by atoms with Crippen molar-refractivity contribution < 1.29 is 19.1 Å². The smallest absolute Gasteiger partial charge is 0.411 e. The molecule has 1 aliphatic carbocycles. The van der Waals surface area contributed by atoms with Crippen molar-refractivity contribution in [2.45, 2.75) is 12.3 Å². The van der Waals surface area contributed by atoms with E-state index in [0.717, 1.165) is 0 Å². The maximum Gasteiger partial charge on any atom is 0.411 e. The lowest BCUT2D eigenvalue weighted by molar-refractivity contribution is 0.0933. The van der Waals surface area contributed by atoms with E-state index in [-0.39, 0.29) is 18.3 Å². The molecule has 3 aromatic rings. The molecule has 0 unspecified atom stereocenters. The van der Waals surface area contributed by atoms with E-state index in [2.05, 4.69) is 29.6 Å². The molecule has 0 radical (unpaired) electrons. The van der Waals surface area contributed by atoms with Gasteiger partial charge >= 0.3 is 6.09 Å². The Morgan fingerprint density at radius 1 is 0.966 bits per heavy atom. The van der Waals surface area contributed by atoms with Crippen molar-refractivity contribution in [2.75, 3.05) is 18.5 Å². The number of nitrogens with one attached hydrogen (secondary N) is 1. The van der Waals surface area contributed by atoms with E-state index in [1.165, 1.54) is 22.3 Å². The molecule has 5 nitrogen and oxygen atoms in total. The summed E-state index contributed by atoms with van der Waals surface area (Å²) < 4.78 is 11.1. The van der Waals surface area contributed by atoms with E-state index in [1.807, 2.05) is 24.3 Å². The van der Waals surface area contributed by atoms with E-state index >= 15 is 0 Å². The summed E-state index contributed by atoms with van der Waals surface area (Å²) >= 11 is 0. The molecule has 0 saturated heterocycles. The number of fused-ring (bicyclic) bond motifs is 4. The summed E-state index contributed by atoms with van der Waals surface area (Å²) in [5, 5.41) is 2.73. The lowest BCUT2D eigenvalue weighted by Gasteiger charge is -2.18. The third-order valence-corrected chi connectivity index (χ3v) is 5.46. The Kier molecular flexibility index (Phi) is 4.28. The lowest BCUT2D eigenvalue weighted by atomic mass is 9.98. The minimum absolute atomic E-state index is 0.0117. The van der Waals surface area contributed by atoms with Crippen LogP contribution >= 0.6 is 0 Å². The molecular weight excluding hydrogens is 366 g/mol. The molecule has 0 bridgehead atoms. The second-order valence-electron chi connectivity index (χ2n) is 7.18. The van der Waals surface area contributed by atoms with E-state index in [9.17, 15) is 9.59 Å². The normalized spacial score (nSPS) is 14.4. The molecule has 0 spiro atoms. The Balaban J connectivity index is 1.30. The van der Waals surface area contributed by atoms with Crippen molar-refractivity contribution in [2.24, 2.45) is 0 Å². The summed E-state index contributed by atoms with van der Waals surface area (Å²) in [5.74, 6) is 0.564. The average Bonchev–Trinajstić information content (AvgIpc) is 3.06. The van der Waals surface area contributed by atoms with Crippen molar-refractivity contribution in [3.05, 3.63) is 83.4 Å². The molecule has 0 atom stereocenters. The van der Waals surface area contributed by atoms with Crippen molar-refractivity contribution in [1.82, 2.24) is 0 Å². The Morgan fingerprint density at radius 2 is 1.66 bits per heavy atom. The molecule has 0 fully saturated rings. The standard InChI is InChI=1S/C24H19NO4/c26-22-11-12-28-23-13-15(9-10-20(22)23)25-24(27)29-14-21-18-7-3-1-5-16(18)17-6-2-4-8-19(17)21/h1-10,13,21H,11-12,14H2,(H,25,27). The highest BCUT2D eigenvalue weighted by atomic mass is 16.5. The molecule has 0 saturated carbocycles. The highest BCUT2D eigenvalue weighted by Gasteiger charge is 2.29. The fourth-order valence-corrected chi connectivity index (χ4v) is 4.09. The third kappa shape index (κ3) is 3.14. The summed E-state index contributed by atoms with van der Waals surface area (Å²) in [6.07, 6.45) is -0.152. The van der Waals surface area contributed by atoms with Crippen LogP contribution in [0, 0.1) is 0 Å². The van der Waals surface area contributed by atoms with Crippen LogP contribution in [0.4, 0.5) is 10.5 Å². The maximum absolute atomic E-state index is 12.4. The second-order valence-corrected chi connectivity index (χ2v) is 7.18. The molecule has 29 heavy (non-hydrogen) atoms. The van der Waals surface area contributed by atoms with Gasteiger partial charge in [0.05, 0.1) is 12.2 Å². The van der Waals surface area contributed by atoms with Crippen LogP contribution in [0.3, 0.4) is 0 Å². The van der Waals surface area contributed by atoms with Crippen LogP contribution in [-0.4, -0.2) is 25.1 Å². The molecular formula is C24H19NO4. The summed E-state index contributed by atoms with van der Waals surface area (Å²) in [6, 6.07) is 21.4. The summed E-state index contributed by atoms with van der Waals surface area (Å²) in [4.78, 5) is 24.3. The first kappa shape index (κ1) is 17.5. The molecule has 1 aliphatic heterocycles. The number of amides is 1. The van der Waals surface area contributed by atoms with Gasteiger partial charge in [0.1, 0.15) is 12.4 Å². The number of Topliss-reactive ketones (excluding diaryl/α,β-unsaturated/α-hetero) is 1. The predicted octanol–water partition coefficient (Wildman–Crippen LogP) is 5.01. The maximum atomic E-state index is 12.4. The summed E-state index contributed by atoms with van der Waals surface area (Å²) in [7, 11) is 0. The largest absolute Gasteiger partial charge is 0.492 e. The topological polar surface area (TPSA) is 64.6 Å². The minimum atomic E-state index is -0.533. The van der Waals surface area contributed by atoms with Gasteiger partial charge in [0.15, 0.2) is 5.78 Å². The van der Waals surface area contributed by atoms with Gasteiger partial charge in [-0.25, -0.2) is 4.79 Å². The van der Waals surface area contributed by atoms with E-state index in [4.69, 9.17) is 9.47 Å². The second kappa shape index (κ2) is 7.09. The average molecular weight is 385 g/mol. The van der Waals surface area contributed by atoms with Crippen LogP contribution in [-0.2, 0) is 4.74 Å². The zero-order valence-electron chi connectivity index (χ0n) is 15.7. The number of carbonyl (C=O) groups excluding carboxylic acids is 2. The monoisotopic (exact) mass is 385 g/mol. The zero-order chi connectivity index (χ0) is 19.8. The molecule has 144 valence electrons. The van der Waals surface area contributed by atoms with E-state index < -0.39 is 6.09 Å². The van der Waals surface area contributed by atoms with Crippen LogP contribution in [0.25, 0.3) is 11.1 Å². The van der Waals surface area contributed by atoms with Gasteiger partial charge in [-0.15, -0.1) is 0 Å². The highest BCUT2D eigenvalue weighted by Crippen LogP contribution is 2.44. The van der Waals surface area contributed by atoms with E-state index in [1.54, 1.807) is 18.2 Å². The first-order valence-electron chi connectivity index (χ1n) is 9.63. The van der Waals surface area contributed by atoms with Gasteiger partial charge in [0.25, 0.3) is 0 Å². The number of ether oxygens (including phenoxy) is 2. The van der Waals surface area contributed by atoms with Crippen LogP contribution in [0.1, 0.15) is 33.8 Å². The third-order valence-electron chi connectivity index (χ3n) is 5.46. The predicted molar refractivity (Wildman–Crippen MR) is 110 cm³/mol. The van der Waals surface area contributed by atoms with Crippen LogP contribution < -0.4 is 10.1 Å². The van der Waals surface area contributed by atoms with Crippen molar-refractivity contribution in [3.63, 3.8) is 0 Å². The Morgan fingerprint density at radius 3 is 2.38 bits per heavy atom. The molecule has 2 aliphatic rings. The first-order chi connectivity index (χ1) is 14.2. The molecule has 1 heterocycles. The summed E-state index contributed by atoms with van der Waals surface area (Å²) in [5.41, 5.74) is 5.80. The van der Waals surface area contributed by atoms with Gasteiger partial charge in [-0.3, -0.25) is 10.1 Å². The number of hydrogen-bond donors (Lipinski definition) is 1. The Hall–Kier alpha value is -3.60. The van der Waals surface area contributed by atoms with Gasteiger partial charge in [-0.1, -0.05) is 48.5 Å². The van der Waals surface area contributed by atoms with Gasteiger partial charge in [0, 0.05) is 24.1 Å². The fourth-order valence-electron chi connectivity index (χ4n) is 4.09. The van der Waals surface area contributed by atoms with Gasteiger partial charge < -0.3 is 9.47 Å². The zero-order valence-corrected chi connectivity index (χ0v) is 15.7. The lowest BCUT2D eigenvalue weighted by Crippen LogP contribution is -2.19. The van der Waals surface area contributed by atoms with Crippen LogP contribution in [0.5, 0.6) is 5.75 Å². The Bertz CT molecular complexity index is 1080. The van der Waals surface area contributed by atoms with E-state index in [0.29, 0.717) is 30.0 Å². The molecule has 5 heteroatoms. The molecule has 1 amide bonds. The first-order valence-corrected chi connectivity index (χ1v) is 9.63. The Labute approximate surface area is 168 Å². The molecule has 0 aromatic heterocycles. The fraction of sp³-hybridized carbons (Fsp3) is 0.167. The number of anilines is 1. The number of carbonyl (C=O) groups is 2. The van der Waals surface area contributed by atoms with Crippen molar-refractivity contribution in [3.8, 4) is 16.9 Å². The number of ketones is 1. The van der Waals surface area contributed by atoms with Crippen LogP contribution in [0.2, 0.25) is 0 Å².